The van der Waals surface area contributed by atoms with E-state index in [9.17, 15) is 18.0 Å². The van der Waals surface area contributed by atoms with Crippen molar-refractivity contribution in [3.05, 3.63) is 40.8 Å². The summed E-state index contributed by atoms with van der Waals surface area (Å²) in [7, 11) is 0. The number of aromatic amines is 1. The molecule has 154 valence electrons. The molecule has 2 aromatic rings. The van der Waals surface area contributed by atoms with E-state index in [4.69, 9.17) is 4.74 Å². The van der Waals surface area contributed by atoms with Gasteiger partial charge in [-0.1, -0.05) is 6.92 Å². The Morgan fingerprint density at radius 3 is 2.61 bits per heavy atom. The smallest absolute Gasteiger partial charge is 0.389 e. The quantitative estimate of drug-likeness (QED) is 0.725. The standard InChI is InChI=1S/C21H27F3N2O2/c1-2-26(13-3-11-21(22,23)24)16-4-6-17(7-5-16)28-18-8-9-19-15(14-18)10-12-25-20(19)27/h8-10,12,14,16-17H,2-7,11,13H2,1H3,(H,25,27)/t16-,17-. The maximum Gasteiger partial charge on any atom is 0.389 e. The molecule has 1 aliphatic rings. The van der Waals surface area contributed by atoms with Gasteiger partial charge in [0, 0.05) is 24.0 Å². The fraction of sp³-hybridized carbons (Fsp3) is 0.571. The molecule has 1 aromatic heterocycles. The number of H-pyrrole nitrogens is 1. The number of halogens is 3. The Balaban J connectivity index is 1.51. The molecule has 7 heteroatoms. The van der Waals surface area contributed by atoms with Crippen LogP contribution < -0.4 is 10.3 Å². The molecular weight excluding hydrogens is 369 g/mol. The van der Waals surface area contributed by atoms with Crippen molar-refractivity contribution in [2.45, 2.75) is 63.8 Å². The van der Waals surface area contributed by atoms with E-state index in [1.165, 1.54) is 0 Å². The molecule has 1 N–H and O–H groups in total. The number of alkyl halides is 3. The molecule has 0 saturated heterocycles. The van der Waals surface area contributed by atoms with Gasteiger partial charge in [0.25, 0.3) is 5.56 Å². The zero-order valence-corrected chi connectivity index (χ0v) is 16.1. The molecule has 0 amide bonds. The molecule has 0 spiro atoms. The first-order chi connectivity index (χ1) is 13.4. The molecule has 0 unspecified atom stereocenters. The van der Waals surface area contributed by atoms with Crippen LogP contribution in [0.4, 0.5) is 13.2 Å². The Labute approximate surface area is 162 Å². The lowest BCUT2D eigenvalue weighted by Gasteiger charge is -2.36. The molecule has 0 bridgehead atoms. The van der Waals surface area contributed by atoms with Crippen LogP contribution in [0, 0.1) is 0 Å². The molecule has 1 aliphatic carbocycles. The van der Waals surface area contributed by atoms with E-state index in [0.717, 1.165) is 43.4 Å². The average Bonchev–Trinajstić information content (AvgIpc) is 2.65. The fourth-order valence-electron chi connectivity index (χ4n) is 4.05. The van der Waals surface area contributed by atoms with Crippen molar-refractivity contribution in [3.63, 3.8) is 0 Å². The molecule has 0 radical (unpaired) electrons. The molecule has 3 rings (SSSR count). The maximum atomic E-state index is 12.4. The van der Waals surface area contributed by atoms with E-state index < -0.39 is 12.6 Å². The van der Waals surface area contributed by atoms with Gasteiger partial charge in [0.05, 0.1) is 6.10 Å². The summed E-state index contributed by atoms with van der Waals surface area (Å²) in [4.78, 5) is 16.6. The number of rotatable bonds is 7. The van der Waals surface area contributed by atoms with E-state index in [-0.39, 0.29) is 18.1 Å². The number of benzene rings is 1. The summed E-state index contributed by atoms with van der Waals surface area (Å²) in [6, 6.07) is 7.65. The van der Waals surface area contributed by atoms with Gasteiger partial charge in [-0.3, -0.25) is 4.79 Å². The third-order valence-electron chi connectivity index (χ3n) is 5.52. The summed E-state index contributed by atoms with van der Waals surface area (Å²) in [5.41, 5.74) is -0.116. The lowest BCUT2D eigenvalue weighted by Crippen LogP contribution is -2.40. The molecule has 0 atom stereocenters. The summed E-state index contributed by atoms with van der Waals surface area (Å²) in [6.07, 6.45) is 0.714. The normalized spacial score (nSPS) is 20.6. The predicted molar refractivity (Wildman–Crippen MR) is 104 cm³/mol. The molecule has 1 heterocycles. The largest absolute Gasteiger partial charge is 0.490 e. The molecule has 1 fully saturated rings. The fourth-order valence-corrected chi connectivity index (χ4v) is 4.05. The minimum absolute atomic E-state index is 0.101. The molecule has 1 saturated carbocycles. The summed E-state index contributed by atoms with van der Waals surface area (Å²) < 4.78 is 43.2. The Hall–Kier alpha value is -2.02. The van der Waals surface area contributed by atoms with Gasteiger partial charge < -0.3 is 14.6 Å². The second-order valence-corrected chi connectivity index (χ2v) is 7.45. The maximum absolute atomic E-state index is 12.4. The minimum Gasteiger partial charge on any atom is -0.490 e. The average molecular weight is 396 g/mol. The van der Waals surface area contributed by atoms with Crippen molar-refractivity contribution in [1.29, 1.82) is 0 Å². The Kier molecular flexibility index (Phi) is 6.65. The van der Waals surface area contributed by atoms with Crippen LogP contribution in [-0.4, -0.2) is 41.3 Å². The number of pyridine rings is 1. The lowest BCUT2D eigenvalue weighted by atomic mass is 9.91. The third kappa shape index (κ3) is 5.50. The van der Waals surface area contributed by atoms with E-state index in [2.05, 4.69) is 9.88 Å². The van der Waals surface area contributed by atoms with Crippen LogP contribution in [0.25, 0.3) is 10.8 Å². The number of nitrogens with one attached hydrogen (secondary N) is 1. The molecule has 28 heavy (non-hydrogen) atoms. The topological polar surface area (TPSA) is 45.3 Å². The highest BCUT2D eigenvalue weighted by Gasteiger charge is 2.29. The number of hydrogen-bond acceptors (Lipinski definition) is 3. The van der Waals surface area contributed by atoms with Crippen LogP contribution in [0.5, 0.6) is 5.75 Å². The summed E-state index contributed by atoms with van der Waals surface area (Å²) >= 11 is 0. The minimum atomic E-state index is -4.07. The van der Waals surface area contributed by atoms with Crippen molar-refractivity contribution in [2.24, 2.45) is 0 Å². The second-order valence-electron chi connectivity index (χ2n) is 7.45. The van der Waals surface area contributed by atoms with Gasteiger partial charge >= 0.3 is 6.18 Å². The monoisotopic (exact) mass is 396 g/mol. The SMILES string of the molecule is CCN(CCCC(F)(F)F)[C@H]1CC[C@H](Oc2ccc3c(=O)[nH]ccc3c2)CC1. The van der Waals surface area contributed by atoms with Gasteiger partial charge in [-0.15, -0.1) is 0 Å². The van der Waals surface area contributed by atoms with Crippen molar-refractivity contribution in [1.82, 2.24) is 9.88 Å². The third-order valence-corrected chi connectivity index (χ3v) is 5.52. The Morgan fingerprint density at radius 1 is 1.18 bits per heavy atom. The first kappa shape index (κ1) is 20.7. The van der Waals surface area contributed by atoms with Gasteiger partial charge in [-0.05, 0) is 74.8 Å². The first-order valence-electron chi connectivity index (χ1n) is 9.94. The van der Waals surface area contributed by atoms with E-state index in [0.29, 0.717) is 18.0 Å². The summed E-state index contributed by atoms with van der Waals surface area (Å²) in [6.45, 7) is 3.27. The Morgan fingerprint density at radius 2 is 1.93 bits per heavy atom. The number of ether oxygens (including phenoxy) is 1. The van der Waals surface area contributed by atoms with Gasteiger partial charge in [0.15, 0.2) is 0 Å². The zero-order chi connectivity index (χ0) is 20.1. The highest BCUT2D eigenvalue weighted by atomic mass is 19.4. The van der Waals surface area contributed by atoms with Crippen LogP contribution >= 0.6 is 0 Å². The van der Waals surface area contributed by atoms with Crippen LogP contribution in [0.15, 0.2) is 35.3 Å². The molecule has 1 aromatic carbocycles. The number of nitrogens with zero attached hydrogens (tertiary/aromatic N) is 1. The van der Waals surface area contributed by atoms with E-state index in [1.54, 1.807) is 12.3 Å². The van der Waals surface area contributed by atoms with Gasteiger partial charge in [0.1, 0.15) is 5.75 Å². The van der Waals surface area contributed by atoms with Crippen LogP contribution in [-0.2, 0) is 0 Å². The second kappa shape index (κ2) is 8.99. The molecule has 0 aliphatic heterocycles. The lowest BCUT2D eigenvalue weighted by molar-refractivity contribution is -0.136. The number of aromatic nitrogens is 1. The van der Waals surface area contributed by atoms with Crippen molar-refractivity contribution >= 4 is 10.8 Å². The van der Waals surface area contributed by atoms with Crippen LogP contribution in [0.1, 0.15) is 45.4 Å². The van der Waals surface area contributed by atoms with Crippen molar-refractivity contribution in [3.8, 4) is 5.75 Å². The van der Waals surface area contributed by atoms with Crippen molar-refractivity contribution in [2.75, 3.05) is 13.1 Å². The predicted octanol–water partition coefficient (Wildman–Crippen LogP) is 4.88. The van der Waals surface area contributed by atoms with Gasteiger partial charge in [-0.2, -0.15) is 13.2 Å². The highest BCUT2D eigenvalue weighted by molar-refractivity contribution is 5.82. The Bertz CT molecular complexity index is 826. The number of hydrogen-bond donors (Lipinski definition) is 1. The number of fused-ring (bicyclic) bond motifs is 1. The van der Waals surface area contributed by atoms with Crippen molar-refractivity contribution < 1.29 is 17.9 Å². The van der Waals surface area contributed by atoms with E-state index >= 15 is 0 Å². The van der Waals surface area contributed by atoms with Crippen LogP contribution in [0.2, 0.25) is 0 Å². The zero-order valence-electron chi connectivity index (χ0n) is 16.1. The first-order valence-corrected chi connectivity index (χ1v) is 9.94. The highest BCUT2D eigenvalue weighted by Crippen LogP contribution is 2.29. The van der Waals surface area contributed by atoms with Gasteiger partial charge in [-0.25, -0.2) is 0 Å². The van der Waals surface area contributed by atoms with E-state index in [1.807, 2.05) is 25.1 Å². The molecule has 4 nitrogen and oxygen atoms in total. The van der Waals surface area contributed by atoms with Gasteiger partial charge in [0.2, 0.25) is 0 Å². The van der Waals surface area contributed by atoms with Crippen LogP contribution in [0.3, 0.4) is 0 Å². The summed E-state index contributed by atoms with van der Waals surface area (Å²) in [5, 5.41) is 1.48. The summed E-state index contributed by atoms with van der Waals surface area (Å²) in [5.74, 6) is 0.749. The molecular formula is C21H27F3N2O2.